The second kappa shape index (κ2) is 5.32. The predicted molar refractivity (Wildman–Crippen MR) is 57.4 cm³/mol. The van der Waals surface area contributed by atoms with E-state index in [4.69, 9.17) is 5.11 Å². The quantitative estimate of drug-likeness (QED) is 0.560. The fourth-order valence-corrected chi connectivity index (χ4v) is 1.18. The number of H-pyrrole nitrogens is 1. The fourth-order valence-electron chi connectivity index (χ4n) is 1.18. The smallest absolute Gasteiger partial charge is 0.256 e. The first-order valence-corrected chi connectivity index (χ1v) is 4.92. The van der Waals surface area contributed by atoms with Crippen LogP contribution in [-0.4, -0.2) is 33.8 Å². The Balaban J connectivity index is 2.84. The highest BCUT2D eigenvalue weighted by atomic mass is 16.3. The van der Waals surface area contributed by atoms with E-state index >= 15 is 0 Å². The Morgan fingerprint density at radius 1 is 1.62 bits per heavy atom. The van der Waals surface area contributed by atoms with Crippen LogP contribution in [0.3, 0.4) is 0 Å². The first-order chi connectivity index (χ1) is 7.58. The summed E-state index contributed by atoms with van der Waals surface area (Å²) in [6.45, 7) is 1.64. The maximum absolute atomic E-state index is 11.6. The van der Waals surface area contributed by atoms with Crippen LogP contribution in [0.5, 0.6) is 5.75 Å². The lowest BCUT2D eigenvalue weighted by Crippen LogP contribution is -2.37. The molecule has 6 heteroatoms. The topological polar surface area (TPSA) is 102 Å². The molecule has 4 N–H and O–H groups in total. The standard InChI is InChI=1S/C10H14N2O4/c1-2-6(5-13)12-10(16)7-4-11-9(15)3-8(7)14/h3-4,6,13H,2,5H2,1H3,(H,12,16)(H2,11,14,15). The number of aromatic amines is 1. The monoisotopic (exact) mass is 226 g/mol. The molecule has 0 bridgehead atoms. The molecule has 0 saturated carbocycles. The van der Waals surface area contributed by atoms with Crippen molar-refractivity contribution >= 4 is 5.91 Å². The molecule has 0 aromatic carbocycles. The third kappa shape index (κ3) is 2.83. The molecular weight excluding hydrogens is 212 g/mol. The largest absolute Gasteiger partial charge is 0.507 e. The van der Waals surface area contributed by atoms with Crippen molar-refractivity contribution in [3.8, 4) is 5.75 Å². The van der Waals surface area contributed by atoms with Gasteiger partial charge in [-0.15, -0.1) is 0 Å². The SMILES string of the molecule is CCC(CO)NC(=O)c1c[nH]c(=O)cc1O. The molecule has 88 valence electrons. The minimum atomic E-state index is -0.533. The van der Waals surface area contributed by atoms with Gasteiger partial charge in [-0.05, 0) is 6.42 Å². The summed E-state index contributed by atoms with van der Waals surface area (Å²) >= 11 is 0. The molecule has 0 spiro atoms. The molecule has 1 aromatic heterocycles. The third-order valence-electron chi connectivity index (χ3n) is 2.20. The molecule has 0 aliphatic rings. The lowest BCUT2D eigenvalue weighted by Gasteiger charge is -2.14. The molecule has 1 unspecified atom stereocenters. The Kier molecular flexibility index (Phi) is 4.07. The molecule has 16 heavy (non-hydrogen) atoms. The van der Waals surface area contributed by atoms with Gasteiger partial charge in [-0.3, -0.25) is 9.59 Å². The number of nitrogens with one attached hydrogen (secondary N) is 2. The lowest BCUT2D eigenvalue weighted by atomic mass is 10.2. The zero-order valence-electron chi connectivity index (χ0n) is 8.86. The summed E-state index contributed by atoms with van der Waals surface area (Å²) in [5.74, 6) is -0.913. The molecule has 1 heterocycles. The van der Waals surface area contributed by atoms with E-state index in [0.29, 0.717) is 6.42 Å². The first-order valence-electron chi connectivity index (χ1n) is 4.92. The summed E-state index contributed by atoms with van der Waals surface area (Å²) in [6.07, 6.45) is 1.71. The maximum atomic E-state index is 11.6. The van der Waals surface area contributed by atoms with E-state index < -0.39 is 11.5 Å². The van der Waals surface area contributed by atoms with Gasteiger partial charge < -0.3 is 20.5 Å². The summed E-state index contributed by atoms with van der Waals surface area (Å²) in [7, 11) is 0. The maximum Gasteiger partial charge on any atom is 0.256 e. The zero-order valence-corrected chi connectivity index (χ0v) is 8.86. The number of hydrogen-bond donors (Lipinski definition) is 4. The van der Waals surface area contributed by atoms with E-state index in [-0.39, 0.29) is 24.0 Å². The number of aliphatic hydroxyl groups excluding tert-OH is 1. The van der Waals surface area contributed by atoms with Crippen molar-refractivity contribution in [1.29, 1.82) is 0 Å². The van der Waals surface area contributed by atoms with Gasteiger partial charge in [0.15, 0.2) is 0 Å². The molecular formula is C10H14N2O4. The first kappa shape index (κ1) is 12.3. The number of carbonyl (C=O) groups is 1. The zero-order chi connectivity index (χ0) is 12.1. The van der Waals surface area contributed by atoms with Gasteiger partial charge in [0, 0.05) is 12.3 Å². The highest BCUT2D eigenvalue weighted by Crippen LogP contribution is 2.11. The molecule has 0 aliphatic heterocycles. The van der Waals surface area contributed by atoms with E-state index in [1.165, 1.54) is 0 Å². The molecule has 0 fully saturated rings. The Bertz CT molecular complexity index is 423. The molecule has 0 radical (unpaired) electrons. The van der Waals surface area contributed by atoms with Gasteiger partial charge in [-0.2, -0.15) is 0 Å². The van der Waals surface area contributed by atoms with E-state index in [9.17, 15) is 14.7 Å². The fraction of sp³-hybridized carbons (Fsp3) is 0.400. The van der Waals surface area contributed by atoms with Crippen LogP contribution in [0.1, 0.15) is 23.7 Å². The van der Waals surface area contributed by atoms with Crippen molar-refractivity contribution in [1.82, 2.24) is 10.3 Å². The van der Waals surface area contributed by atoms with Crippen LogP contribution in [0, 0.1) is 0 Å². The van der Waals surface area contributed by atoms with E-state index in [1.807, 2.05) is 6.92 Å². The number of hydrogen-bond acceptors (Lipinski definition) is 4. The van der Waals surface area contributed by atoms with Gasteiger partial charge in [0.05, 0.1) is 18.2 Å². The average Bonchev–Trinajstić information content (AvgIpc) is 2.25. The second-order valence-corrected chi connectivity index (χ2v) is 3.36. The van der Waals surface area contributed by atoms with E-state index in [2.05, 4.69) is 10.3 Å². The van der Waals surface area contributed by atoms with E-state index in [1.54, 1.807) is 0 Å². The van der Waals surface area contributed by atoms with Crippen molar-refractivity contribution in [3.05, 3.63) is 28.2 Å². The number of aliphatic hydroxyl groups is 1. The van der Waals surface area contributed by atoms with Crippen LogP contribution < -0.4 is 10.9 Å². The number of carbonyl (C=O) groups excluding carboxylic acids is 1. The molecule has 0 saturated heterocycles. The van der Waals surface area contributed by atoms with Crippen molar-refractivity contribution in [3.63, 3.8) is 0 Å². The summed E-state index contributed by atoms with van der Waals surface area (Å²) in [4.78, 5) is 24.7. The number of aromatic hydroxyl groups is 1. The summed E-state index contributed by atoms with van der Waals surface area (Å²) in [6, 6.07) is 0.563. The molecule has 1 amide bonds. The minimum Gasteiger partial charge on any atom is -0.507 e. The third-order valence-corrected chi connectivity index (χ3v) is 2.20. The van der Waals surface area contributed by atoms with Crippen molar-refractivity contribution < 1.29 is 15.0 Å². The van der Waals surface area contributed by atoms with Gasteiger partial charge in [-0.1, -0.05) is 6.92 Å². The van der Waals surface area contributed by atoms with Gasteiger partial charge in [0.1, 0.15) is 5.75 Å². The van der Waals surface area contributed by atoms with Crippen LogP contribution >= 0.6 is 0 Å². The Hall–Kier alpha value is -1.82. The van der Waals surface area contributed by atoms with Crippen LogP contribution in [-0.2, 0) is 0 Å². The number of amides is 1. The molecule has 6 nitrogen and oxygen atoms in total. The Labute approximate surface area is 91.9 Å². The minimum absolute atomic E-state index is 0.0218. The normalized spacial score (nSPS) is 12.1. The summed E-state index contributed by atoms with van der Waals surface area (Å²) < 4.78 is 0. The number of aromatic nitrogens is 1. The lowest BCUT2D eigenvalue weighted by molar-refractivity contribution is 0.0912. The number of pyridine rings is 1. The van der Waals surface area contributed by atoms with Crippen LogP contribution in [0.2, 0.25) is 0 Å². The van der Waals surface area contributed by atoms with Crippen molar-refractivity contribution in [2.75, 3.05) is 6.61 Å². The molecule has 1 rings (SSSR count). The van der Waals surface area contributed by atoms with Gasteiger partial charge in [0.25, 0.3) is 11.5 Å². The molecule has 1 atom stereocenters. The molecule has 0 aliphatic carbocycles. The van der Waals surface area contributed by atoms with Gasteiger partial charge >= 0.3 is 0 Å². The highest BCUT2D eigenvalue weighted by molar-refractivity contribution is 5.96. The average molecular weight is 226 g/mol. The van der Waals surface area contributed by atoms with Crippen molar-refractivity contribution in [2.24, 2.45) is 0 Å². The van der Waals surface area contributed by atoms with Crippen LogP contribution in [0.15, 0.2) is 17.1 Å². The highest BCUT2D eigenvalue weighted by Gasteiger charge is 2.14. The molecule has 1 aromatic rings. The Morgan fingerprint density at radius 3 is 2.81 bits per heavy atom. The van der Waals surface area contributed by atoms with Crippen LogP contribution in [0.4, 0.5) is 0 Å². The number of rotatable bonds is 4. The van der Waals surface area contributed by atoms with Crippen molar-refractivity contribution in [2.45, 2.75) is 19.4 Å². The van der Waals surface area contributed by atoms with E-state index in [0.717, 1.165) is 12.3 Å². The second-order valence-electron chi connectivity index (χ2n) is 3.36. The Morgan fingerprint density at radius 2 is 2.31 bits per heavy atom. The van der Waals surface area contributed by atoms with Gasteiger partial charge in [0.2, 0.25) is 0 Å². The summed E-state index contributed by atoms with van der Waals surface area (Å²) in [5, 5.41) is 20.8. The summed E-state index contributed by atoms with van der Waals surface area (Å²) in [5.41, 5.74) is -0.505. The van der Waals surface area contributed by atoms with Crippen LogP contribution in [0.25, 0.3) is 0 Å². The van der Waals surface area contributed by atoms with Gasteiger partial charge in [-0.25, -0.2) is 0 Å². The predicted octanol–water partition coefficient (Wildman–Crippen LogP) is -0.419.